The predicted molar refractivity (Wildman–Crippen MR) is 106 cm³/mol. The largest absolute Gasteiger partial charge is 0.493 e. The number of imidazole rings is 1. The molecule has 2 aromatic heterocycles. The Morgan fingerprint density at radius 1 is 1.11 bits per heavy atom. The number of aliphatic imine (C=N–C) groups is 1. The Hall–Kier alpha value is -2.94. The van der Waals surface area contributed by atoms with Crippen molar-refractivity contribution in [3.8, 4) is 17.2 Å². The Morgan fingerprint density at radius 2 is 1.81 bits per heavy atom. The fourth-order valence-electron chi connectivity index (χ4n) is 2.68. The number of hydrogen-bond acceptors (Lipinski definition) is 6. The van der Waals surface area contributed by atoms with Gasteiger partial charge >= 0.3 is 0 Å². The van der Waals surface area contributed by atoms with Crippen LogP contribution in [0, 0.1) is 0 Å². The highest BCUT2D eigenvalue weighted by Crippen LogP contribution is 2.38. The number of rotatable bonds is 7. The second-order valence-electron chi connectivity index (χ2n) is 5.64. The van der Waals surface area contributed by atoms with Crippen molar-refractivity contribution in [2.24, 2.45) is 4.99 Å². The predicted octanol–water partition coefficient (Wildman–Crippen LogP) is 2.29. The monoisotopic (exact) mass is 389 g/mol. The van der Waals surface area contributed by atoms with Crippen molar-refractivity contribution in [1.82, 2.24) is 20.0 Å². The van der Waals surface area contributed by atoms with E-state index in [2.05, 4.69) is 20.6 Å². The molecule has 0 atom stereocenters. The van der Waals surface area contributed by atoms with Crippen LogP contribution < -0.4 is 24.8 Å². The fourth-order valence-corrected chi connectivity index (χ4v) is 3.40. The Kier molecular flexibility index (Phi) is 6.02. The van der Waals surface area contributed by atoms with Gasteiger partial charge in [-0.3, -0.25) is 9.39 Å². The van der Waals surface area contributed by atoms with E-state index in [1.54, 1.807) is 39.7 Å². The van der Waals surface area contributed by atoms with E-state index in [0.29, 0.717) is 36.3 Å². The van der Waals surface area contributed by atoms with Crippen molar-refractivity contribution >= 4 is 22.3 Å². The maximum atomic E-state index is 5.39. The standard InChI is InChI=1S/C18H23N5O3S/c1-19-17(21-10-13-11-23-5-6-27-18(23)22-13)20-9-12-7-14(24-2)16(26-4)15(8-12)25-3/h5-8,11H,9-10H2,1-4H3,(H2,19,20,21). The smallest absolute Gasteiger partial charge is 0.203 e. The molecule has 1 aromatic carbocycles. The third-order valence-corrected chi connectivity index (χ3v) is 4.76. The highest BCUT2D eigenvalue weighted by atomic mass is 32.1. The van der Waals surface area contributed by atoms with E-state index in [4.69, 9.17) is 14.2 Å². The van der Waals surface area contributed by atoms with Crippen molar-refractivity contribution in [2.45, 2.75) is 13.1 Å². The van der Waals surface area contributed by atoms with Gasteiger partial charge in [0.1, 0.15) is 0 Å². The van der Waals surface area contributed by atoms with Gasteiger partial charge in [-0.1, -0.05) is 0 Å². The molecule has 0 aliphatic rings. The van der Waals surface area contributed by atoms with E-state index in [0.717, 1.165) is 16.2 Å². The van der Waals surface area contributed by atoms with Crippen molar-refractivity contribution in [3.05, 3.63) is 41.2 Å². The lowest BCUT2D eigenvalue weighted by Gasteiger charge is -2.15. The molecule has 9 heteroatoms. The van der Waals surface area contributed by atoms with Gasteiger partial charge in [0.15, 0.2) is 22.4 Å². The summed E-state index contributed by atoms with van der Waals surface area (Å²) in [6.45, 7) is 1.14. The number of methoxy groups -OCH3 is 3. The molecule has 0 spiro atoms. The first-order chi connectivity index (χ1) is 13.2. The Labute approximate surface area is 161 Å². The van der Waals surface area contributed by atoms with Crippen LogP contribution in [0.5, 0.6) is 17.2 Å². The Bertz CT molecular complexity index is 881. The number of nitrogens with one attached hydrogen (secondary N) is 2. The first-order valence-electron chi connectivity index (χ1n) is 8.33. The lowest BCUT2D eigenvalue weighted by atomic mass is 10.2. The molecule has 0 radical (unpaired) electrons. The summed E-state index contributed by atoms with van der Waals surface area (Å²) in [6.07, 6.45) is 4.00. The van der Waals surface area contributed by atoms with Crippen LogP contribution in [0.2, 0.25) is 0 Å². The average molecular weight is 389 g/mol. The number of nitrogens with zero attached hydrogens (tertiary/aromatic N) is 3. The second kappa shape index (κ2) is 8.63. The van der Waals surface area contributed by atoms with E-state index in [1.165, 1.54) is 0 Å². The van der Waals surface area contributed by atoms with Crippen molar-refractivity contribution in [3.63, 3.8) is 0 Å². The molecule has 144 valence electrons. The van der Waals surface area contributed by atoms with Gasteiger partial charge in [0.05, 0.1) is 33.6 Å². The van der Waals surface area contributed by atoms with Crippen molar-refractivity contribution < 1.29 is 14.2 Å². The van der Waals surface area contributed by atoms with Crippen molar-refractivity contribution in [2.75, 3.05) is 28.4 Å². The molecule has 0 amide bonds. The summed E-state index contributed by atoms with van der Waals surface area (Å²) in [6, 6.07) is 3.82. The van der Waals surface area contributed by atoms with Crippen LogP contribution in [0.25, 0.3) is 4.96 Å². The molecule has 2 N–H and O–H groups in total. The molecule has 0 unspecified atom stereocenters. The van der Waals surface area contributed by atoms with Gasteiger partial charge in [0, 0.05) is 31.4 Å². The number of aromatic nitrogens is 2. The number of fused-ring (bicyclic) bond motifs is 1. The normalized spacial score (nSPS) is 11.5. The summed E-state index contributed by atoms with van der Waals surface area (Å²) in [5.41, 5.74) is 1.94. The highest BCUT2D eigenvalue weighted by molar-refractivity contribution is 7.15. The van der Waals surface area contributed by atoms with Crippen molar-refractivity contribution in [1.29, 1.82) is 0 Å². The Morgan fingerprint density at radius 3 is 2.41 bits per heavy atom. The minimum Gasteiger partial charge on any atom is -0.493 e. The highest BCUT2D eigenvalue weighted by Gasteiger charge is 2.13. The van der Waals surface area contributed by atoms with Crippen LogP contribution >= 0.6 is 11.3 Å². The van der Waals surface area contributed by atoms with E-state index >= 15 is 0 Å². The molecule has 3 rings (SSSR count). The van der Waals surface area contributed by atoms with Gasteiger partial charge in [-0.15, -0.1) is 11.3 Å². The van der Waals surface area contributed by atoms with Gasteiger partial charge in [-0.25, -0.2) is 4.98 Å². The number of benzene rings is 1. The fraction of sp³-hybridized carbons (Fsp3) is 0.333. The van der Waals surface area contributed by atoms with Crippen LogP contribution in [0.1, 0.15) is 11.3 Å². The topological polar surface area (TPSA) is 81.4 Å². The molecule has 0 bridgehead atoms. The van der Waals surface area contributed by atoms with Crippen LogP contribution in [0.3, 0.4) is 0 Å². The lowest BCUT2D eigenvalue weighted by Crippen LogP contribution is -2.36. The number of thiazole rings is 1. The maximum absolute atomic E-state index is 5.39. The summed E-state index contributed by atoms with van der Waals surface area (Å²) in [5.74, 6) is 2.50. The Balaban J connectivity index is 1.62. The molecule has 3 aromatic rings. The quantitative estimate of drug-likeness (QED) is 0.477. The first-order valence-corrected chi connectivity index (χ1v) is 9.21. The number of guanidine groups is 1. The summed E-state index contributed by atoms with van der Waals surface area (Å²) in [4.78, 5) is 9.78. The average Bonchev–Trinajstić information content (AvgIpc) is 3.28. The van der Waals surface area contributed by atoms with Gasteiger partial charge in [0.25, 0.3) is 0 Å². The number of hydrogen-bond donors (Lipinski definition) is 2. The maximum Gasteiger partial charge on any atom is 0.203 e. The van der Waals surface area contributed by atoms with Gasteiger partial charge in [-0.2, -0.15) is 0 Å². The van der Waals surface area contributed by atoms with Gasteiger partial charge in [-0.05, 0) is 17.7 Å². The first kappa shape index (κ1) is 18.8. The molecule has 8 nitrogen and oxygen atoms in total. The van der Waals surface area contributed by atoms with E-state index in [9.17, 15) is 0 Å². The van der Waals surface area contributed by atoms with Gasteiger partial charge < -0.3 is 24.8 Å². The zero-order valence-corrected chi connectivity index (χ0v) is 16.6. The molecule has 0 saturated heterocycles. The minimum absolute atomic E-state index is 0.550. The summed E-state index contributed by atoms with van der Waals surface area (Å²) in [5, 5.41) is 8.56. The SMILES string of the molecule is CN=C(NCc1cc(OC)c(OC)c(OC)c1)NCc1cn2ccsc2n1. The van der Waals surface area contributed by atoms with E-state index < -0.39 is 0 Å². The lowest BCUT2D eigenvalue weighted by molar-refractivity contribution is 0.323. The van der Waals surface area contributed by atoms with Crippen LogP contribution in [-0.4, -0.2) is 43.7 Å². The number of ether oxygens (including phenoxy) is 3. The van der Waals surface area contributed by atoms with Crippen LogP contribution in [0.4, 0.5) is 0 Å². The van der Waals surface area contributed by atoms with E-state index in [-0.39, 0.29) is 0 Å². The zero-order chi connectivity index (χ0) is 19.2. The van der Waals surface area contributed by atoms with Crippen LogP contribution in [-0.2, 0) is 13.1 Å². The minimum atomic E-state index is 0.550. The summed E-state index contributed by atoms with van der Waals surface area (Å²) in [7, 11) is 6.52. The molecule has 0 aliphatic heterocycles. The third-order valence-electron chi connectivity index (χ3n) is 3.99. The molecule has 27 heavy (non-hydrogen) atoms. The van der Waals surface area contributed by atoms with Crippen LogP contribution in [0.15, 0.2) is 34.9 Å². The van der Waals surface area contributed by atoms with Gasteiger partial charge in [0.2, 0.25) is 5.75 Å². The molecule has 0 saturated carbocycles. The third kappa shape index (κ3) is 4.25. The second-order valence-corrected chi connectivity index (χ2v) is 6.51. The van der Waals surface area contributed by atoms with E-state index in [1.807, 2.05) is 34.3 Å². The molecule has 0 fully saturated rings. The summed E-state index contributed by atoms with van der Waals surface area (Å²) < 4.78 is 18.1. The molecule has 0 aliphatic carbocycles. The summed E-state index contributed by atoms with van der Waals surface area (Å²) >= 11 is 1.61. The zero-order valence-electron chi connectivity index (χ0n) is 15.8. The molecular formula is C18H23N5O3S. The molecule has 2 heterocycles. The molecular weight excluding hydrogens is 366 g/mol.